The Balaban J connectivity index is 2.65. The molecule has 0 bridgehead atoms. The fourth-order valence-corrected chi connectivity index (χ4v) is 4.22. The number of rotatable bonds is 7. The molecule has 8 nitrogen and oxygen atoms in total. The Morgan fingerprint density at radius 2 is 1.93 bits per heavy atom. The van der Waals surface area contributed by atoms with Crippen LogP contribution in [0, 0.1) is 24.0 Å². The SMILES string of the molecule is CCOC(=O)CN(c1cccc(Cl)c1C)S(=O)(=O)c1ccc(C)c([N+](=O)[O-])c1. The molecule has 0 spiro atoms. The minimum Gasteiger partial charge on any atom is -0.465 e. The number of sulfonamides is 1. The van der Waals surface area contributed by atoms with E-state index in [9.17, 15) is 23.3 Å². The maximum Gasteiger partial charge on any atom is 0.326 e. The molecule has 150 valence electrons. The predicted molar refractivity (Wildman–Crippen MR) is 105 cm³/mol. The molecular formula is C18H19ClN2O6S. The van der Waals surface area contributed by atoms with E-state index in [-0.39, 0.29) is 22.9 Å². The van der Waals surface area contributed by atoms with Gasteiger partial charge >= 0.3 is 5.97 Å². The van der Waals surface area contributed by atoms with E-state index in [0.29, 0.717) is 16.1 Å². The molecule has 0 saturated heterocycles. The summed E-state index contributed by atoms with van der Waals surface area (Å²) in [6, 6.07) is 8.22. The van der Waals surface area contributed by atoms with Gasteiger partial charge in [0.25, 0.3) is 15.7 Å². The van der Waals surface area contributed by atoms with Crippen LogP contribution >= 0.6 is 11.6 Å². The van der Waals surface area contributed by atoms with Crippen LogP contribution in [0.15, 0.2) is 41.3 Å². The number of esters is 1. The monoisotopic (exact) mass is 426 g/mol. The minimum atomic E-state index is -4.31. The number of carbonyl (C=O) groups is 1. The zero-order valence-corrected chi connectivity index (χ0v) is 17.1. The molecule has 2 aromatic carbocycles. The van der Waals surface area contributed by atoms with Crippen LogP contribution in [0.25, 0.3) is 0 Å². The van der Waals surface area contributed by atoms with Gasteiger partial charge in [-0.25, -0.2) is 8.42 Å². The summed E-state index contributed by atoms with van der Waals surface area (Å²) in [6.07, 6.45) is 0. The number of nitro benzene ring substituents is 1. The van der Waals surface area contributed by atoms with E-state index in [1.807, 2.05) is 0 Å². The maximum atomic E-state index is 13.3. The second-order valence-corrected chi connectivity index (χ2v) is 8.18. The lowest BCUT2D eigenvalue weighted by Crippen LogP contribution is -2.37. The fraction of sp³-hybridized carbons (Fsp3) is 0.278. The van der Waals surface area contributed by atoms with Gasteiger partial charge in [0.2, 0.25) is 0 Å². The summed E-state index contributed by atoms with van der Waals surface area (Å²) in [5.41, 5.74) is 0.613. The van der Waals surface area contributed by atoms with Gasteiger partial charge in [-0.2, -0.15) is 0 Å². The van der Waals surface area contributed by atoms with Crippen molar-refractivity contribution in [1.29, 1.82) is 0 Å². The summed E-state index contributed by atoms with van der Waals surface area (Å²) in [5.74, 6) is -0.757. The van der Waals surface area contributed by atoms with Crippen molar-refractivity contribution in [2.75, 3.05) is 17.5 Å². The average molecular weight is 427 g/mol. The van der Waals surface area contributed by atoms with Crippen LogP contribution in [-0.4, -0.2) is 32.5 Å². The zero-order valence-electron chi connectivity index (χ0n) is 15.5. The normalized spacial score (nSPS) is 11.1. The summed E-state index contributed by atoms with van der Waals surface area (Å²) in [5, 5.41) is 11.5. The van der Waals surface area contributed by atoms with Gasteiger partial charge in [-0.1, -0.05) is 23.7 Å². The third-order valence-corrected chi connectivity index (χ3v) is 6.22. The van der Waals surface area contributed by atoms with Crippen LogP contribution < -0.4 is 4.31 Å². The number of carbonyl (C=O) groups excluding carboxylic acids is 1. The zero-order chi connectivity index (χ0) is 21.1. The number of hydrogen-bond acceptors (Lipinski definition) is 6. The molecule has 0 aliphatic heterocycles. The lowest BCUT2D eigenvalue weighted by Gasteiger charge is -2.25. The summed E-state index contributed by atoms with van der Waals surface area (Å²) >= 11 is 6.11. The van der Waals surface area contributed by atoms with Crippen LogP contribution in [0.4, 0.5) is 11.4 Å². The molecule has 0 amide bonds. The molecule has 10 heteroatoms. The van der Waals surface area contributed by atoms with E-state index < -0.39 is 27.5 Å². The minimum absolute atomic E-state index is 0.0806. The van der Waals surface area contributed by atoms with Gasteiger partial charge in [0.15, 0.2) is 0 Å². The van der Waals surface area contributed by atoms with Gasteiger partial charge in [0, 0.05) is 16.7 Å². The van der Waals surface area contributed by atoms with Crippen molar-refractivity contribution in [3.8, 4) is 0 Å². The Morgan fingerprint density at radius 3 is 2.54 bits per heavy atom. The number of halogens is 1. The quantitative estimate of drug-likeness (QED) is 0.380. The van der Waals surface area contributed by atoms with Gasteiger partial charge in [-0.3, -0.25) is 19.2 Å². The summed E-state index contributed by atoms with van der Waals surface area (Å²) in [7, 11) is -4.31. The number of hydrogen-bond donors (Lipinski definition) is 0. The topological polar surface area (TPSA) is 107 Å². The van der Waals surface area contributed by atoms with E-state index in [1.165, 1.54) is 25.1 Å². The third-order valence-electron chi connectivity index (χ3n) is 4.05. The van der Waals surface area contributed by atoms with Crippen LogP contribution in [0.2, 0.25) is 5.02 Å². The van der Waals surface area contributed by atoms with E-state index >= 15 is 0 Å². The Hall–Kier alpha value is -2.65. The van der Waals surface area contributed by atoms with Crippen molar-refractivity contribution < 1.29 is 22.9 Å². The maximum absolute atomic E-state index is 13.3. The number of benzene rings is 2. The lowest BCUT2D eigenvalue weighted by molar-refractivity contribution is -0.385. The van der Waals surface area contributed by atoms with E-state index in [2.05, 4.69) is 0 Å². The highest BCUT2D eigenvalue weighted by Gasteiger charge is 2.30. The summed E-state index contributed by atoms with van der Waals surface area (Å²) in [4.78, 5) is 22.3. The molecule has 0 aliphatic carbocycles. The summed E-state index contributed by atoms with van der Waals surface area (Å²) < 4.78 is 32.3. The molecule has 2 rings (SSSR count). The average Bonchev–Trinajstić information content (AvgIpc) is 2.62. The van der Waals surface area contributed by atoms with E-state index in [4.69, 9.17) is 16.3 Å². The highest BCUT2D eigenvalue weighted by molar-refractivity contribution is 7.92. The first-order chi connectivity index (χ1) is 13.1. The molecular weight excluding hydrogens is 408 g/mol. The van der Waals surface area contributed by atoms with Gasteiger partial charge < -0.3 is 4.74 Å². The van der Waals surface area contributed by atoms with Gasteiger partial charge in [-0.05, 0) is 44.5 Å². The molecule has 0 radical (unpaired) electrons. The molecule has 0 aromatic heterocycles. The predicted octanol–water partition coefficient (Wildman–Crippen LogP) is 3.62. The molecule has 0 saturated carbocycles. The smallest absolute Gasteiger partial charge is 0.326 e. The molecule has 0 aliphatic rings. The Morgan fingerprint density at radius 1 is 1.25 bits per heavy atom. The van der Waals surface area contributed by atoms with Gasteiger partial charge in [-0.15, -0.1) is 0 Å². The lowest BCUT2D eigenvalue weighted by atomic mass is 10.2. The van der Waals surface area contributed by atoms with Gasteiger partial charge in [0.1, 0.15) is 6.54 Å². The van der Waals surface area contributed by atoms with Crippen LogP contribution in [-0.2, 0) is 19.6 Å². The van der Waals surface area contributed by atoms with Gasteiger partial charge in [0.05, 0.1) is 22.1 Å². The Kier molecular flexibility index (Phi) is 6.63. The number of nitro groups is 1. The molecule has 0 fully saturated rings. The molecule has 0 N–H and O–H groups in total. The number of nitrogens with zero attached hydrogens (tertiary/aromatic N) is 2. The summed E-state index contributed by atoms with van der Waals surface area (Å²) in [6.45, 7) is 4.20. The largest absolute Gasteiger partial charge is 0.465 e. The first-order valence-corrected chi connectivity index (χ1v) is 10.1. The van der Waals surface area contributed by atoms with Crippen molar-refractivity contribution in [2.45, 2.75) is 25.7 Å². The molecule has 0 unspecified atom stereocenters. The first kappa shape index (κ1) is 21.6. The first-order valence-electron chi connectivity index (χ1n) is 8.28. The van der Waals surface area contributed by atoms with Crippen LogP contribution in [0.1, 0.15) is 18.1 Å². The van der Waals surface area contributed by atoms with E-state index in [0.717, 1.165) is 10.4 Å². The number of aryl methyl sites for hydroxylation is 1. The molecule has 28 heavy (non-hydrogen) atoms. The fourth-order valence-electron chi connectivity index (χ4n) is 2.56. The standard InChI is InChI=1S/C18H19ClN2O6S/c1-4-27-18(22)11-20(16-7-5-6-15(19)13(16)3)28(25,26)14-9-8-12(2)17(10-14)21(23)24/h5-10H,4,11H2,1-3H3. The second kappa shape index (κ2) is 8.57. The van der Waals surface area contributed by atoms with Crippen molar-refractivity contribution in [2.24, 2.45) is 0 Å². The number of ether oxygens (including phenoxy) is 1. The molecule has 0 atom stereocenters. The van der Waals surface area contributed by atoms with Crippen LogP contribution in [0.3, 0.4) is 0 Å². The number of anilines is 1. The Bertz CT molecular complexity index is 1020. The Labute approximate surface area is 167 Å². The van der Waals surface area contributed by atoms with Crippen molar-refractivity contribution >= 4 is 39.0 Å². The highest BCUT2D eigenvalue weighted by Crippen LogP contribution is 2.32. The molecule has 0 heterocycles. The molecule has 2 aromatic rings. The second-order valence-electron chi connectivity index (χ2n) is 5.91. The van der Waals surface area contributed by atoms with Crippen molar-refractivity contribution in [1.82, 2.24) is 0 Å². The van der Waals surface area contributed by atoms with E-state index in [1.54, 1.807) is 26.0 Å². The van der Waals surface area contributed by atoms with Crippen molar-refractivity contribution in [3.63, 3.8) is 0 Å². The van der Waals surface area contributed by atoms with Crippen molar-refractivity contribution in [3.05, 3.63) is 62.7 Å². The van der Waals surface area contributed by atoms with Crippen LogP contribution in [0.5, 0.6) is 0 Å². The highest BCUT2D eigenvalue weighted by atomic mass is 35.5. The third kappa shape index (κ3) is 4.42.